The summed E-state index contributed by atoms with van der Waals surface area (Å²) in [6.45, 7) is 0. The zero-order valence-corrected chi connectivity index (χ0v) is 17.6. The first-order valence-electron chi connectivity index (χ1n) is 9.68. The summed E-state index contributed by atoms with van der Waals surface area (Å²) in [6.07, 6.45) is -7.32. The number of carbonyl (C=O) groups excluding carboxylic acids is 2. The van der Waals surface area contributed by atoms with Gasteiger partial charge in [-0.2, -0.15) is 48.3 Å². The molecule has 0 fully saturated rings. The molecule has 0 aliphatic heterocycles. The predicted octanol–water partition coefficient (Wildman–Crippen LogP) is 6.30. The second kappa shape index (κ2) is 9.93. The Balaban J connectivity index is 2.23. The summed E-state index contributed by atoms with van der Waals surface area (Å²) in [4.78, 5) is 23.9. The number of aryl methyl sites for hydroxylation is 1. The first kappa shape index (κ1) is 28.8. The first-order valence-corrected chi connectivity index (χ1v) is 9.68. The number of amides is 2. The quantitative estimate of drug-likeness (QED) is 0.370. The minimum absolute atomic E-state index is 0.181. The van der Waals surface area contributed by atoms with Crippen molar-refractivity contribution in [3.63, 3.8) is 0 Å². The van der Waals surface area contributed by atoms with Gasteiger partial charge in [0, 0.05) is 6.42 Å². The number of hydrogen-bond donors (Lipinski definition) is 2. The lowest BCUT2D eigenvalue weighted by Crippen LogP contribution is -2.68. The van der Waals surface area contributed by atoms with Gasteiger partial charge in [-0.1, -0.05) is 42.5 Å². The molecule has 0 atom stereocenters. The largest absolute Gasteiger partial charge is 0.460 e. The number of alkyl halides is 11. The highest BCUT2D eigenvalue weighted by Crippen LogP contribution is 2.57. The average Bonchev–Trinajstić information content (AvgIpc) is 2.78. The third-order valence-corrected chi connectivity index (χ3v) is 4.76. The maximum atomic E-state index is 14.0. The highest BCUT2D eigenvalue weighted by molar-refractivity contribution is 6.02. The molecular weight excluding hydrogens is 521 g/mol. The summed E-state index contributed by atoms with van der Waals surface area (Å²) >= 11 is 0. The van der Waals surface area contributed by atoms with E-state index < -0.39 is 53.1 Å². The van der Waals surface area contributed by atoms with E-state index in [-0.39, 0.29) is 12.8 Å². The van der Waals surface area contributed by atoms with Crippen LogP contribution in [0.3, 0.4) is 0 Å². The van der Waals surface area contributed by atoms with Gasteiger partial charge in [-0.05, 0) is 24.1 Å². The van der Waals surface area contributed by atoms with Crippen LogP contribution in [0.5, 0.6) is 0 Å². The average molecular weight is 536 g/mol. The minimum Gasteiger partial charge on any atom is -0.324 e. The summed E-state index contributed by atoms with van der Waals surface area (Å²) < 4.78 is 145. The standard InChI is InChI=1S/C21H15F11N2O2/c22-17(23,18(24,25)19(26,27)20(28,29)21(30,31)32)16(36)34-14-9-5-4-8-13(14)33-15(35)11-10-12-6-2-1-3-7-12/h1-9H,10-11H2,(H,33,35)(H,34,36). The van der Waals surface area contributed by atoms with Crippen molar-refractivity contribution in [2.75, 3.05) is 10.6 Å². The molecule has 0 saturated carbocycles. The number of para-hydroxylation sites is 2. The molecule has 0 saturated heterocycles. The summed E-state index contributed by atoms with van der Waals surface area (Å²) in [5, 5.41) is 3.20. The molecular formula is C21H15F11N2O2. The molecule has 198 valence electrons. The maximum Gasteiger partial charge on any atom is 0.460 e. The molecule has 2 amide bonds. The molecule has 0 spiro atoms. The second-order valence-corrected chi connectivity index (χ2v) is 7.33. The van der Waals surface area contributed by atoms with Crippen molar-refractivity contribution < 1.29 is 57.9 Å². The SMILES string of the molecule is O=C(CCc1ccccc1)Nc1ccccc1NC(=O)C(F)(F)C(F)(F)C(F)(F)C(F)(F)C(F)(F)F. The van der Waals surface area contributed by atoms with Gasteiger partial charge < -0.3 is 10.6 Å². The number of rotatable bonds is 9. The summed E-state index contributed by atoms with van der Waals surface area (Å²) in [7, 11) is 0. The number of benzene rings is 2. The normalized spacial score (nSPS) is 13.3. The van der Waals surface area contributed by atoms with Crippen molar-refractivity contribution in [3.05, 3.63) is 60.2 Å². The zero-order valence-electron chi connectivity index (χ0n) is 17.6. The number of anilines is 2. The van der Waals surface area contributed by atoms with E-state index in [0.717, 1.165) is 29.1 Å². The monoisotopic (exact) mass is 536 g/mol. The van der Waals surface area contributed by atoms with Crippen molar-refractivity contribution in [2.24, 2.45) is 0 Å². The maximum absolute atomic E-state index is 14.0. The van der Waals surface area contributed by atoms with Gasteiger partial charge in [0.2, 0.25) is 5.91 Å². The molecule has 2 rings (SSSR count). The Morgan fingerprint density at radius 3 is 1.58 bits per heavy atom. The van der Waals surface area contributed by atoms with Gasteiger partial charge in [-0.15, -0.1) is 0 Å². The summed E-state index contributed by atoms with van der Waals surface area (Å²) in [5.41, 5.74) is -0.597. The lowest BCUT2D eigenvalue weighted by atomic mass is 9.97. The van der Waals surface area contributed by atoms with Gasteiger partial charge in [-0.3, -0.25) is 9.59 Å². The Hall–Kier alpha value is -3.39. The number of halogens is 11. The summed E-state index contributed by atoms with van der Waals surface area (Å²) in [6, 6.07) is 12.4. The molecule has 0 aliphatic carbocycles. The minimum atomic E-state index is -7.72. The van der Waals surface area contributed by atoms with Crippen molar-refractivity contribution in [1.82, 2.24) is 0 Å². The van der Waals surface area contributed by atoms with E-state index in [2.05, 4.69) is 5.32 Å². The number of carbonyl (C=O) groups is 2. The molecule has 0 radical (unpaired) electrons. The van der Waals surface area contributed by atoms with Crippen LogP contribution < -0.4 is 10.6 Å². The predicted molar refractivity (Wildman–Crippen MR) is 104 cm³/mol. The molecule has 0 aromatic heterocycles. The van der Waals surface area contributed by atoms with E-state index >= 15 is 0 Å². The van der Waals surface area contributed by atoms with Gasteiger partial charge in [0.05, 0.1) is 11.4 Å². The van der Waals surface area contributed by atoms with Crippen LogP contribution in [0.2, 0.25) is 0 Å². The summed E-state index contributed by atoms with van der Waals surface area (Å²) in [5.74, 6) is -33.7. The van der Waals surface area contributed by atoms with Crippen LogP contribution in [0, 0.1) is 0 Å². The molecule has 15 heteroatoms. The van der Waals surface area contributed by atoms with E-state index in [0.29, 0.717) is 0 Å². The Morgan fingerprint density at radius 2 is 1.08 bits per heavy atom. The highest BCUT2D eigenvalue weighted by Gasteiger charge is 2.88. The molecule has 2 aromatic carbocycles. The van der Waals surface area contributed by atoms with Gasteiger partial charge >= 0.3 is 35.8 Å². The molecule has 4 nitrogen and oxygen atoms in total. The Bertz CT molecular complexity index is 1090. The van der Waals surface area contributed by atoms with Gasteiger partial charge in [0.25, 0.3) is 0 Å². The van der Waals surface area contributed by atoms with Crippen molar-refractivity contribution in [2.45, 2.75) is 42.7 Å². The van der Waals surface area contributed by atoms with E-state index in [9.17, 15) is 57.9 Å². The van der Waals surface area contributed by atoms with Crippen molar-refractivity contribution >= 4 is 23.2 Å². The fourth-order valence-electron chi connectivity index (χ4n) is 2.73. The lowest BCUT2D eigenvalue weighted by molar-refractivity contribution is -0.416. The molecule has 2 N–H and O–H groups in total. The second-order valence-electron chi connectivity index (χ2n) is 7.33. The third-order valence-electron chi connectivity index (χ3n) is 4.76. The van der Waals surface area contributed by atoms with Crippen LogP contribution in [0.15, 0.2) is 54.6 Å². The molecule has 0 unspecified atom stereocenters. The lowest BCUT2D eigenvalue weighted by Gasteiger charge is -2.36. The van der Waals surface area contributed by atoms with E-state index in [1.165, 1.54) is 6.07 Å². The van der Waals surface area contributed by atoms with E-state index in [4.69, 9.17) is 0 Å². The van der Waals surface area contributed by atoms with Crippen LogP contribution in [-0.2, 0) is 16.0 Å². The first-order chi connectivity index (χ1) is 16.4. The van der Waals surface area contributed by atoms with E-state index in [1.54, 1.807) is 30.3 Å². The number of nitrogens with one attached hydrogen (secondary N) is 2. The van der Waals surface area contributed by atoms with Crippen LogP contribution in [0.25, 0.3) is 0 Å². The highest BCUT2D eigenvalue weighted by atomic mass is 19.4. The number of hydrogen-bond acceptors (Lipinski definition) is 2. The Kier molecular flexibility index (Phi) is 7.96. The smallest absolute Gasteiger partial charge is 0.324 e. The molecule has 0 aliphatic rings. The Labute approximate surface area is 195 Å². The van der Waals surface area contributed by atoms with Crippen LogP contribution in [0.4, 0.5) is 59.7 Å². The fourth-order valence-corrected chi connectivity index (χ4v) is 2.73. The topological polar surface area (TPSA) is 58.2 Å². The van der Waals surface area contributed by atoms with Crippen LogP contribution >= 0.6 is 0 Å². The van der Waals surface area contributed by atoms with Crippen LogP contribution in [0.1, 0.15) is 12.0 Å². The van der Waals surface area contributed by atoms with Gasteiger partial charge in [-0.25, -0.2) is 0 Å². The van der Waals surface area contributed by atoms with Crippen molar-refractivity contribution in [1.29, 1.82) is 0 Å². The molecule has 0 bridgehead atoms. The zero-order chi connectivity index (χ0) is 27.6. The molecule has 36 heavy (non-hydrogen) atoms. The van der Waals surface area contributed by atoms with Gasteiger partial charge in [0.1, 0.15) is 0 Å². The molecule has 0 heterocycles. The fraction of sp³-hybridized carbons (Fsp3) is 0.333. The van der Waals surface area contributed by atoms with Crippen molar-refractivity contribution in [3.8, 4) is 0 Å². The van der Waals surface area contributed by atoms with E-state index in [1.807, 2.05) is 0 Å². The molecule has 2 aromatic rings. The van der Waals surface area contributed by atoms with Gasteiger partial charge in [0.15, 0.2) is 0 Å². The Morgan fingerprint density at radius 1 is 0.611 bits per heavy atom. The third kappa shape index (κ3) is 5.38. The van der Waals surface area contributed by atoms with Crippen LogP contribution in [-0.4, -0.2) is 41.7 Å².